The summed E-state index contributed by atoms with van der Waals surface area (Å²) in [6, 6.07) is 4.78. The van der Waals surface area contributed by atoms with Gasteiger partial charge in [0, 0.05) is 0 Å². The summed E-state index contributed by atoms with van der Waals surface area (Å²) < 4.78 is 0. The van der Waals surface area contributed by atoms with Gasteiger partial charge in [-0.25, -0.2) is 0 Å². The largest absolute Gasteiger partial charge is 0.320 e. The van der Waals surface area contributed by atoms with E-state index in [1.165, 1.54) is 30.4 Å². The third kappa shape index (κ3) is 2.47. The molecule has 0 spiro atoms. The average Bonchev–Trinajstić information content (AvgIpc) is 2.26. The molecule has 0 aromatic heterocycles. The van der Waals surface area contributed by atoms with E-state index in [0.29, 0.717) is 5.41 Å². The van der Waals surface area contributed by atoms with Crippen molar-refractivity contribution in [3.05, 3.63) is 34.4 Å². The number of fused-ring (bicyclic) bond motifs is 1. The molecular weight excluding hydrogens is 218 g/mol. The lowest BCUT2D eigenvalue weighted by Gasteiger charge is -2.39. The maximum atomic E-state index is 3.30. The summed E-state index contributed by atoms with van der Waals surface area (Å²) in [5.41, 5.74) is 6.51. The Labute approximate surface area is 112 Å². The zero-order valence-corrected chi connectivity index (χ0v) is 12.6. The zero-order valence-electron chi connectivity index (χ0n) is 12.6. The van der Waals surface area contributed by atoms with Crippen LogP contribution < -0.4 is 5.32 Å². The standard InChI is InChI=1S/C17H27N/c1-12-10-13(2)16-15(11-12)14(7-9-18-5)6-8-17(16,3)4/h10-11,14,18H,6-9H2,1-5H3. The molecule has 1 nitrogen and oxygen atoms in total. The van der Waals surface area contributed by atoms with E-state index >= 15 is 0 Å². The summed E-state index contributed by atoms with van der Waals surface area (Å²) >= 11 is 0. The van der Waals surface area contributed by atoms with Gasteiger partial charge in [0.15, 0.2) is 0 Å². The fourth-order valence-corrected chi connectivity index (χ4v) is 3.68. The van der Waals surface area contributed by atoms with Crippen molar-refractivity contribution < 1.29 is 0 Å². The Hall–Kier alpha value is -0.820. The van der Waals surface area contributed by atoms with Crippen LogP contribution in [0.25, 0.3) is 0 Å². The van der Waals surface area contributed by atoms with Crippen LogP contribution >= 0.6 is 0 Å². The highest BCUT2D eigenvalue weighted by Crippen LogP contribution is 2.45. The van der Waals surface area contributed by atoms with Crippen LogP contribution in [0.1, 0.15) is 61.3 Å². The van der Waals surface area contributed by atoms with Gasteiger partial charge in [-0.2, -0.15) is 0 Å². The molecule has 0 fully saturated rings. The third-order valence-electron chi connectivity index (χ3n) is 4.49. The lowest BCUT2D eigenvalue weighted by Crippen LogP contribution is -2.28. The lowest BCUT2D eigenvalue weighted by molar-refractivity contribution is 0.378. The highest BCUT2D eigenvalue weighted by Gasteiger charge is 2.33. The number of rotatable bonds is 3. The minimum atomic E-state index is 0.350. The maximum absolute atomic E-state index is 3.30. The van der Waals surface area contributed by atoms with Gasteiger partial charge in [0.05, 0.1) is 0 Å². The van der Waals surface area contributed by atoms with E-state index in [1.807, 2.05) is 0 Å². The van der Waals surface area contributed by atoms with Gasteiger partial charge in [-0.15, -0.1) is 0 Å². The molecule has 1 aromatic carbocycles. The Morgan fingerprint density at radius 2 is 2.00 bits per heavy atom. The van der Waals surface area contributed by atoms with Crippen molar-refractivity contribution >= 4 is 0 Å². The van der Waals surface area contributed by atoms with Gasteiger partial charge in [-0.05, 0) is 74.7 Å². The molecule has 1 atom stereocenters. The van der Waals surface area contributed by atoms with Crippen molar-refractivity contribution in [3.63, 3.8) is 0 Å². The van der Waals surface area contributed by atoms with E-state index in [1.54, 1.807) is 11.1 Å². The lowest BCUT2D eigenvalue weighted by atomic mass is 9.66. The second kappa shape index (κ2) is 5.05. The SMILES string of the molecule is CNCCC1CCC(C)(C)c2c(C)cc(C)cc21. The predicted octanol–water partition coefficient (Wildman–Crippen LogP) is 4.07. The Morgan fingerprint density at radius 1 is 1.28 bits per heavy atom. The third-order valence-corrected chi connectivity index (χ3v) is 4.49. The highest BCUT2D eigenvalue weighted by atomic mass is 14.8. The van der Waals surface area contributed by atoms with Crippen LogP contribution in [0.15, 0.2) is 12.1 Å². The first-order valence-corrected chi connectivity index (χ1v) is 7.22. The summed E-state index contributed by atoms with van der Waals surface area (Å²) in [4.78, 5) is 0. The molecule has 1 aromatic rings. The number of hydrogen-bond acceptors (Lipinski definition) is 1. The Morgan fingerprint density at radius 3 is 2.67 bits per heavy atom. The molecule has 1 heteroatoms. The molecule has 0 saturated carbocycles. The fraction of sp³-hybridized carbons (Fsp3) is 0.647. The smallest absolute Gasteiger partial charge is 0.00461 e. The summed E-state index contributed by atoms with van der Waals surface area (Å²) in [6.07, 6.45) is 3.92. The molecule has 0 saturated heterocycles. The molecule has 18 heavy (non-hydrogen) atoms. The fourth-order valence-electron chi connectivity index (χ4n) is 3.68. The van der Waals surface area contributed by atoms with Gasteiger partial charge in [0.2, 0.25) is 0 Å². The first kappa shape index (κ1) is 13.6. The van der Waals surface area contributed by atoms with Crippen molar-refractivity contribution in [2.24, 2.45) is 0 Å². The van der Waals surface area contributed by atoms with Gasteiger partial charge >= 0.3 is 0 Å². The summed E-state index contributed by atoms with van der Waals surface area (Å²) in [5, 5.41) is 3.30. The Kier molecular flexibility index (Phi) is 3.82. The molecule has 1 N–H and O–H groups in total. The van der Waals surface area contributed by atoms with E-state index in [0.717, 1.165) is 12.5 Å². The van der Waals surface area contributed by atoms with Crippen LogP contribution in [-0.4, -0.2) is 13.6 Å². The average molecular weight is 245 g/mol. The Balaban J connectivity index is 2.45. The molecule has 1 unspecified atom stereocenters. The number of nitrogens with one attached hydrogen (secondary N) is 1. The summed E-state index contributed by atoms with van der Waals surface area (Å²) in [5.74, 6) is 0.749. The van der Waals surface area contributed by atoms with Gasteiger partial charge in [0.25, 0.3) is 0 Å². The zero-order chi connectivity index (χ0) is 13.3. The first-order valence-electron chi connectivity index (χ1n) is 7.22. The van der Waals surface area contributed by atoms with Crippen molar-refractivity contribution in [1.29, 1.82) is 0 Å². The van der Waals surface area contributed by atoms with E-state index in [2.05, 4.69) is 52.2 Å². The van der Waals surface area contributed by atoms with E-state index in [-0.39, 0.29) is 0 Å². The molecule has 1 aliphatic rings. The van der Waals surface area contributed by atoms with Crippen LogP contribution in [-0.2, 0) is 5.41 Å². The van der Waals surface area contributed by atoms with Crippen molar-refractivity contribution in [3.8, 4) is 0 Å². The second-order valence-electron chi connectivity index (χ2n) is 6.56. The van der Waals surface area contributed by atoms with Crippen LogP contribution in [0.5, 0.6) is 0 Å². The molecule has 0 amide bonds. The molecule has 1 aliphatic carbocycles. The van der Waals surface area contributed by atoms with E-state index in [9.17, 15) is 0 Å². The molecule has 0 heterocycles. The molecule has 100 valence electrons. The van der Waals surface area contributed by atoms with Crippen LogP contribution in [0.4, 0.5) is 0 Å². The van der Waals surface area contributed by atoms with E-state index < -0.39 is 0 Å². The molecule has 2 rings (SSSR count). The molecule has 0 bridgehead atoms. The number of hydrogen-bond donors (Lipinski definition) is 1. The van der Waals surface area contributed by atoms with Crippen molar-refractivity contribution in [2.75, 3.05) is 13.6 Å². The van der Waals surface area contributed by atoms with E-state index in [4.69, 9.17) is 0 Å². The first-order chi connectivity index (χ1) is 8.45. The van der Waals surface area contributed by atoms with Crippen LogP contribution in [0, 0.1) is 13.8 Å². The van der Waals surface area contributed by atoms with Crippen molar-refractivity contribution in [1.82, 2.24) is 5.32 Å². The molecule has 0 radical (unpaired) electrons. The normalized spacial score (nSPS) is 21.7. The monoisotopic (exact) mass is 245 g/mol. The summed E-state index contributed by atoms with van der Waals surface area (Å²) in [7, 11) is 2.05. The Bertz CT molecular complexity index is 431. The van der Waals surface area contributed by atoms with Gasteiger partial charge in [-0.1, -0.05) is 31.5 Å². The van der Waals surface area contributed by atoms with Gasteiger partial charge in [-0.3, -0.25) is 0 Å². The second-order valence-corrected chi connectivity index (χ2v) is 6.56. The quantitative estimate of drug-likeness (QED) is 0.846. The highest BCUT2D eigenvalue weighted by molar-refractivity contribution is 5.46. The number of benzene rings is 1. The molecular formula is C17H27N. The van der Waals surface area contributed by atoms with Crippen LogP contribution in [0.2, 0.25) is 0 Å². The summed E-state index contributed by atoms with van der Waals surface area (Å²) in [6.45, 7) is 10.4. The topological polar surface area (TPSA) is 12.0 Å². The minimum absolute atomic E-state index is 0.350. The van der Waals surface area contributed by atoms with Gasteiger partial charge < -0.3 is 5.32 Å². The molecule has 0 aliphatic heterocycles. The van der Waals surface area contributed by atoms with Gasteiger partial charge in [0.1, 0.15) is 0 Å². The minimum Gasteiger partial charge on any atom is -0.320 e. The van der Waals surface area contributed by atoms with Crippen molar-refractivity contribution in [2.45, 2.75) is 58.3 Å². The van der Waals surface area contributed by atoms with Crippen LogP contribution in [0.3, 0.4) is 0 Å². The maximum Gasteiger partial charge on any atom is -0.00461 e. The number of aryl methyl sites for hydroxylation is 2. The predicted molar refractivity (Wildman–Crippen MR) is 79.5 cm³/mol.